The van der Waals surface area contributed by atoms with Gasteiger partial charge in [-0.05, 0) is 18.6 Å². The van der Waals surface area contributed by atoms with Crippen LogP contribution in [0.1, 0.15) is 17.7 Å². The van der Waals surface area contributed by atoms with Gasteiger partial charge in [0.15, 0.2) is 0 Å². The van der Waals surface area contributed by atoms with Gasteiger partial charge in [0.25, 0.3) is 0 Å². The predicted octanol–water partition coefficient (Wildman–Crippen LogP) is 2.79. The molecule has 1 aromatic heterocycles. The first-order chi connectivity index (χ1) is 7.38. The van der Waals surface area contributed by atoms with E-state index < -0.39 is 0 Å². The molecular weight excluding hydrogens is 184 g/mol. The molecule has 0 saturated heterocycles. The minimum atomic E-state index is 0.975. The third kappa shape index (κ3) is 1.11. The number of nitrogens with two attached hydrogens (primary N) is 1. The van der Waals surface area contributed by atoms with Crippen LogP contribution >= 0.6 is 0 Å². The summed E-state index contributed by atoms with van der Waals surface area (Å²) in [6.45, 7) is 0. The monoisotopic (exact) mass is 196 g/mol. The second-order valence-electron chi connectivity index (χ2n) is 3.73. The molecule has 2 N–H and O–H groups in total. The van der Waals surface area contributed by atoms with Crippen LogP contribution in [-0.4, -0.2) is 4.68 Å². The van der Waals surface area contributed by atoms with E-state index in [9.17, 15) is 0 Å². The van der Waals surface area contributed by atoms with E-state index in [-0.39, 0.29) is 0 Å². The van der Waals surface area contributed by atoms with E-state index in [1.807, 2.05) is 18.2 Å². The molecule has 0 atom stereocenters. The van der Waals surface area contributed by atoms with Crippen LogP contribution in [0, 0.1) is 0 Å². The molecule has 0 aliphatic heterocycles. The Morgan fingerprint density at radius 1 is 1.07 bits per heavy atom. The molecule has 0 fully saturated rings. The van der Waals surface area contributed by atoms with E-state index in [0.717, 1.165) is 17.6 Å². The summed E-state index contributed by atoms with van der Waals surface area (Å²) < 4.78 is 1.76. The first kappa shape index (κ1) is 8.36. The van der Waals surface area contributed by atoms with E-state index in [0.29, 0.717) is 0 Å². The van der Waals surface area contributed by atoms with E-state index in [1.54, 1.807) is 4.68 Å². The third-order valence-corrected chi connectivity index (χ3v) is 2.82. The number of nitrogens with zero attached hydrogens (tertiary/aromatic N) is 1. The van der Waals surface area contributed by atoms with E-state index in [1.165, 1.54) is 10.9 Å². The average Bonchev–Trinajstić information content (AvgIpc) is 2.48. The first-order valence-corrected chi connectivity index (χ1v) is 5.09. The smallest absolute Gasteiger partial charge is 0.0703 e. The Balaban J connectivity index is 2.48. The average molecular weight is 196 g/mol. The highest BCUT2D eigenvalue weighted by atomic mass is 15.3. The van der Waals surface area contributed by atoms with Crippen molar-refractivity contribution in [3.8, 4) is 0 Å². The summed E-state index contributed by atoms with van der Waals surface area (Å²) in [5.74, 6) is 6.06. The fourth-order valence-electron chi connectivity index (χ4n) is 2.10. The van der Waals surface area contributed by atoms with Gasteiger partial charge in [-0.25, -0.2) is 0 Å². The maximum absolute atomic E-state index is 6.06. The summed E-state index contributed by atoms with van der Waals surface area (Å²) in [4.78, 5) is 0. The molecule has 2 heteroatoms. The largest absolute Gasteiger partial charge is 0.339 e. The van der Waals surface area contributed by atoms with Crippen molar-refractivity contribution < 1.29 is 0 Å². The number of benzene rings is 1. The molecular formula is C13H12N2. The number of allylic oxidation sites excluding steroid dienone is 2. The zero-order valence-electron chi connectivity index (χ0n) is 8.35. The van der Waals surface area contributed by atoms with Crippen LogP contribution in [0.15, 0.2) is 36.4 Å². The molecule has 1 heterocycles. The fourth-order valence-corrected chi connectivity index (χ4v) is 2.10. The minimum absolute atomic E-state index is 0.975. The van der Waals surface area contributed by atoms with Crippen molar-refractivity contribution in [1.82, 2.24) is 4.68 Å². The fraction of sp³-hybridized carbons (Fsp3) is 0.0769. The highest BCUT2D eigenvalue weighted by molar-refractivity contribution is 5.94. The molecule has 0 amide bonds. The van der Waals surface area contributed by atoms with Crippen molar-refractivity contribution in [3.05, 3.63) is 47.7 Å². The van der Waals surface area contributed by atoms with Crippen LogP contribution < -0.4 is 5.84 Å². The van der Waals surface area contributed by atoms with Crippen LogP contribution in [0.5, 0.6) is 0 Å². The molecule has 0 unspecified atom stereocenters. The summed E-state index contributed by atoms with van der Waals surface area (Å²) in [7, 11) is 0. The predicted molar refractivity (Wildman–Crippen MR) is 64.8 cm³/mol. The zero-order valence-corrected chi connectivity index (χ0v) is 8.35. The Morgan fingerprint density at radius 2 is 1.87 bits per heavy atom. The molecule has 15 heavy (non-hydrogen) atoms. The SMILES string of the molecule is Nn1c2c(c3ccccc31)C=CCC=C2. The number of aromatic nitrogens is 1. The number of para-hydroxylation sites is 1. The lowest BCUT2D eigenvalue weighted by Gasteiger charge is -1.98. The molecule has 0 saturated carbocycles. The van der Waals surface area contributed by atoms with Crippen LogP contribution in [0.2, 0.25) is 0 Å². The molecule has 0 radical (unpaired) electrons. The van der Waals surface area contributed by atoms with Crippen molar-refractivity contribution in [3.63, 3.8) is 0 Å². The van der Waals surface area contributed by atoms with Gasteiger partial charge in [-0.1, -0.05) is 36.4 Å². The molecule has 0 bridgehead atoms. The molecule has 2 nitrogen and oxygen atoms in total. The second-order valence-corrected chi connectivity index (χ2v) is 3.73. The van der Waals surface area contributed by atoms with Gasteiger partial charge in [0.2, 0.25) is 0 Å². The molecule has 2 aromatic rings. The van der Waals surface area contributed by atoms with Gasteiger partial charge in [-0.2, -0.15) is 0 Å². The van der Waals surface area contributed by atoms with Crippen molar-refractivity contribution in [2.75, 3.05) is 5.84 Å². The normalized spacial score (nSPS) is 14.1. The Hall–Kier alpha value is -1.96. The molecule has 0 spiro atoms. The topological polar surface area (TPSA) is 30.9 Å². The molecule has 1 aliphatic rings. The van der Waals surface area contributed by atoms with Gasteiger partial charge in [0.1, 0.15) is 0 Å². The summed E-state index contributed by atoms with van der Waals surface area (Å²) in [6, 6.07) is 8.22. The Labute approximate surface area is 88.3 Å². The molecule has 1 aromatic carbocycles. The standard InChI is InChI=1S/C13H12N2/c14-15-12-8-3-1-2-6-10(12)11-7-4-5-9-13(11)15/h2-9H,1,14H2. The van der Waals surface area contributed by atoms with Gasteiger partial charge in [-0.3, -0.25) is 4.68 Å². The van der Waals surface area contributed by atoms with Crippen LogP contribution in [-0.2, 0) is 0 Å². The minimum Gasteiger partial charge on any atom is -0.339 e. The highest BCUT2D eigenvalue weighted by Crippen LogP contribution is 2.28. The van der Waals surface area contributed by atoms with Gasteiger partial charge < -0.3 is 5.84 Å². The Morgan fingerprint density at radius 3 is 2.80 bits per heavy atom. The van der Waals surface area contributed by atoms with E-state index in [2.05, 4.69) is 30.4 Å². The number of nitrogen functional groups attached to an aromatic ring is 1. The summed E-state index contributed by atoms with van der Waals surface area (Å²) in [6.07, 6.45) is 9.51. The number of fused-ring (bicyclic) bond motifs is 3. The Kier molecular flexibility index (Phi) is 1.68. The highest BCUT2D eigenvalue weighted by Gasteiger charge is 2.11. The Bertz CT molecular complexity index is 573. The lowest BCUT2D eigenvalue weighted by molar-refractivity contribution is 1.05. The molecule has 3 rings (SSSR count). The van der Waals surface area contributed by atoms with E-state index in [4.69, 9.17) is 5.84 Å². The maximum Gasteiger partial charge on any atom is 0.0703 e. The van der Waals surface area contributed by atoms with Crippen molar-refractivity contribution in [1.29, 1.82) is 0 Å². The first-order valence-electron chi connectivity index (χ1n) is 5.09. The van der Waals surface area contributed by atoms with E-state index >= 15 is 0 Å². The number of rotatable bonds is 0. The van der Waals surface area contributed by atoms with Gasteiger partial charge >= 0.3 is 0 Å². The summed E-state index contributed by atoms with van der Waals surface area (Å²) >= 11 is 0. The quantitative estimate of drug-likeness (QED) is 0.645. The van der Waals surface area contributed by atoms with Crippen LogP contribution in [0.4, 0.5) is 0 Å². The van der Waals surface area contributed by atoms with Crippen LogP contribution in [0.3, 0.4) is 0 Å². The summed E-state index contributed by atoms with van der Waals surface area (Å²) in [5.41, 5.74) is 3.39. The second kappa shape index (κ2) is 3.02. The molecule has 1 aliphatic carbocycles. The summed E-state index contributed by atoms with van der Waals surface area (Å²) in [5, 5.41) is 1.22. The van der Waals surface area contributed by atoms with Gasteiger partial charge in [0.05, 0.1) is 11.2 Å². The van der Waals surface area contributed by atoms with Gasteiger partial charge in [0, 0.05) is 10.9 Å². The number of hydrogen-bond acceptors (Lipinski definition) is 1. The van der Waals surface area contributed by atoms with Crippen LogP contribution in [0.25, 0.3) is 23.1 Å². The lowest BCUT2D eigenvalue weighted by atomic mass is 10.1. The van der Waals surface area contributed by atoms with Crippen molar-refractivity contribution >= 4 is 23.1 Å². The zero-order chi connectivity index (χ0) is 10.3. The van der Waals surface area contributed by atoms with Gasteiger partial charge in [-0.15, -0.1) is 0 Å². The third-order valence-electron chi connectivity index (χ3n) is 2.82. The molecule has 74 valence electrons. The number of hydrogen-bond donors (Lipinski definition) is 1. The van der Waals surface area contributed by atoms with Crippen molar-refractivity contribution in [2.45, 2.75) is 6.42 Å². The lowest BCUT2D eigenvalue weighted by Crippen LogP contribution is -2.09. The maximum atomic E-state index is 6.06. The van der Waals surface area contributed by atoms with Crippen molar-refractivity contribution in [2.24, 2.45) is 0 Å².